The second kappa shape index (κ2) is 11.2. The summed E-state index contributed by atoms with van der Waals surface area (Å²) in [5.41, 5.74) is 5.25. The molecule has 2 aromatic carbocycles. The van der Waals surface area contributed by atoms with Gasteiger partial charge in [0.15, 0.2) is 11.6 Å². The molecule has 0 aliphatic carbocycles. The quantitative estimate of drug-likeness (QED) is 0.320. The van der Waals surface area contributed by atoms with Crippen LogP contribution in [0, 0.1) is 17.6 Å². The summed E-state index contributed by atoms with van der Waals surface area (Å²) < 4.78 is 91.1. The van der Waals surface area contributed by atoms with Gasteiger partial charge in [-0.05, 0) is 42.8 Å². The van der Waals surface area contributed by atoms with Crippen molar-refractivity contribution >= 4 is 34.5 Å². The first kappa shape index (κ1) is 27.8. The van der Waals surface area contributed by atoms with E-state index in [0.29, 0.717) is 11.4 Å². The zero-order valence-corrected chi connectivity index (χ0v) is 21.4. The van der Waals surface area contributed by atoms with E-state index in [-0.39, 0.29) is 42.5 Å². The van der Waals surface area contributed by atoms with E-state index >= 15 is 4.39 Å². The maximum Gasteiger partial charge on any atom is 0.403 e. The number of alkyl halides is 3. The highest BCUT2D eigenvalue weighted by Gasteiger charge is 2.54. The van der Waals surface area contributed by atoms with E-state index in [1.54, 1.807) is 24.3 Å². The molecule has 0 aromatic heterocycles. The smallest absolute Gasteiger partial charge is 0.403 e. The van der Waals surface area contributed by atoms with Crippen LogP contribution in [0.15, 0.2) is 41.3 Å². The fourth-order valence-electron chi connectivity index (χ4n) is 4.70. The van der Waals surface area contributed by atoms with Crippen LogP contribution in [-0.2, 0) is 20.7 Å². The summed E-state index contributed by atoms with van der Waals surface area (Å²) in [5, 5.41) is 0.538. The summed E-state index contributed by atoms with van der Waals surface area (Å²) in [5.74, 6) is -1.91. The van der Waals surface area contributed by atoms with Gasteiger partial charge in [-0.15, -0.1) is 11.8 Å². The fourth-order valence-corrected chi connectivity index (χ4v) is 7.59. The third-order valence-corrected chi connectivity index (χ3v) is 9.78. The number of ether oxygens (including phenoxy) is 2. The van der Waals surface area contributed by atoms with Gasteiger partial charge in [-0.25, -0.2) is 8.78 Å². The Morgan fingerprint density at radius 2 is 1.83 bits per heavy atom. The van der Waals surface area contributed by atoms with Crippen molar-refractivity contribution < 1.29 is 36.0 Å². The van der Waals surface area contributed by atoms with Gasteiger partial charge in [0, 0.05) is 40.8 Å². The SMILES string of the molecule is NC(CC[S+]([O-])CC[C@@H]1OCC[C@@]2(Sc3ccc(Cl)cc3)c3c(F)ccc(F)c3OC[C@@H]12)C(F)(F)F. The van der Waals surface area contributed by atoms with Crippen molar-refractivity contribution in [3.63, 3.8) is 0 Å². The fraction of sp³-hybridized carbons (Fsp3) is 0.500. The highest BCUT2D eigenvalue weighted by atomic mass is 35.5. The van der Waals surface area contributed by atoms with Gasteiger partial charge < -0.3 is 19.8 Å². The van der Waals surface area contributed by atoms with Crippen molar-refractivity contribution in [3.05, 3.63) is 58.6 Å². The van der Waals surface area contributed by atoms with Crippen molar-refractivity contribution in [2.45, 2.75) is 47.2 Å². The van der Waals surface area contributed by atoms with Crippen LogP contribution in [0.2, 0.25) is 5.02 Å². The Morgan fingerprint density at radius 3 is 2.53 bits per heavy atom. The maximum atomic E-state index is 15.3. The average Bonchev–Trinajstić information content (AvgIpc) is 2.83. The molecule has 4 rings (SSSR count). The monoisotopic (exact) mass is 569 g/mol. The Morgan fingerprint density at radius 1 is 1.14 bits per heavy atom. The zero-order chi connectivity index (χ0) is 26.1. The lowest BCUT2D eigenvalue weighted by atomic mass is 9.75. The lowest BCUT2D eigenvalue weighted by Gasteiger charge is -2.50. The van der Waals surface area contributed by atoms with Gasteiger partial charge in [0.2, 0.25) is 0 Å². The second-order valence-corrected chi connectivity index (χ2v) is 12.4. The Kier molecular flexibility index (Phi) is 8.68. The minimum atomic E-state index is -4.54. The van der Waals surface area contributed by atoms with Crippen LogP contribution in [-0.4, -0.2) is 47.6 Å². The number of benzene rings is 2. The largest absolute Gasteiger partial charge is 0.616 e. The van der Waals surface area contributed by atoms with Crippen molar-refractivity contribution in [1.82, 2.24) is 0 Å². The van der Waals surface area contributed by atoms with Crippen molar-refractivity contribution in [2.75, 3.05) is 24.7 Å². The minimum Gasteiger partial charge on any atom is -0.616 e. The third kappa shape index (κ3) is 5.91. The van der Waals surface area contributed by atoms with Gasteiger partial charge in [0.1, 0.15) is 23.4 Å². The number of thioether (sulfide) groups is 1. The van der Waals surface area contributed by atoms with Crippen LogP contribution < -0.4 is 10.5 Å². The van der Waals surface area contributed by atoms with E-state index in [1.165, 1.54) is 11.8 Å². The maximum absolute atomic E-state index is 15.3. The molecule has 0 saturated carbocycles. The lowest BCUT2D eigenvalue weighted by molar-refractivity contribution is -0.147. The Hall–Kier alpha value is -1.24. The molecular formula is C24H25ClF5NO3S2. The van der Waals surface area contributed by atoms with Crippen LogP contribution in [0.3, 0.4) is 0 Å². The van der Waals surface area contributed by atoms with Gasteiger partial charge in [-0.3, -0.25) is 0 Å². The predicted octanol–water partition coefficient (Wildman–Crippen LogP) is 5.82. The van der Waals surface area contributed by atoms with Gasteiger partial charge in [0.05, 0.1) is 17.5 Å². The van der Waals surface area contributed by atoms with Gasteiger partial charge in [0.25, 0.3) is 0 Å². The molecule has 2 unspecified atom stereocenters. The molecule has 0 amide bonds. The predicted molar refractivity (Wildman–Crippen MR) is 130 cm³/mol. The number of hydrogen-bond acceptors (Lipinski definition) is 5. The molecular weight excluding hydrogens is 545 g/mol. The lowest BCUT2D eigenvalue weighted by Crippen LogP contribution is -2.52. The van der Waals surface area contributed by atoms with Crippen LogP contribution in [0.4, 0.5) is 22.0 Å². The molecule has 2 aliphatic heterocycles. The summed E-state index contributed by atoms with van der Waals surface area (Å²) in [4.78, 5) is 0.797. The summed E-state index contributed by atoms with van der Waals surface area (Å²) in [7, 11) is 0. The number of nitrogens with two attached hydrogens (primary N) is 1. The molecule has 0 radical (unpaired) electrons. The van der Waals surface area contributed by atoms with Crippen molar-refractivity contribution in [1.29, 1.82) is 0 Å². The molecule has 0 bridgehead atoms. The standard InChI is InChI=1S/C24H25ClF5NO3S2/c25-14-1-3-15(4-2-14)35-23-9-10-33-19(7-11-36(32)12-8-20(31)24(28,29)30)16(23)13-34-22-18(27)6-5-17(26)21(22)23/h1-6,16,19-20H,7-13,31H2/t16-,19-,20?,23-,36?/m0/s1. The topological polar surface area (TPSA) is 67.5 Å². The summed E-state index contributed by atoms with van der Waals surface area (Å²) in [6.45, 7) is 0.285. The van der Waals surface area contributed by atoms with Crippen LogP contribution >= 0.6 is 23.4 Å². The summed E-state index contributed by atoms with van der Waals surface area (Å²) in [6, 6.07) is 7.10. The first-order valence-corrected chi connectivity index (χ1v) is 14.0. The molecule has 198 valence electrons. The number of halogens is 6. The number of fused-ring (bicyclic) bond motifs is 3. The Labute approximate surface area is 218 Å². The first-order chi connectivity index (χ1) is 17.0. The molecule has 0 spiro atoms. The van der Waals surface area contributed by atoms with E-state index in [1.807, 2.05) is 0 Å². The van der Waals surface area contributed by atoms with Crippen molar-refractivity contribution in [2.24, 2.45) is 11.7 Å². The van der Waals surface area contributed by atoms with E-state index in [2.05, 4.69) is 0 Å². The average molecular weight is 570 g/mol. The third-order valence-electron chi connectivity index (χ3n) is 6.56. The summed E-state index contributed by atoms with van der Waals surface area (Å²) >= 11 is 5.85. The molecule has 2 N–H and O–H groups in total. The Bertz CT molecular complexity index is 1060. The Balaban J connectivity index is 1.57. The molecule has 12 heteroatoms. The molecule has 1 fully saturated rings. The minimum absolute atomic E-state index is 0.0458. The molecule has 2 aliphatic rings. The van der Waals surface area contributed by atoms with E-state index < -0.39 is 58.2 Å². The number of hydrogen-bond donors (Lipinski definition) is 1. The normalized spacial score (nSPS) is 25.4. The van der Waals surface area contributed by atoms with Crippen LogP contribution in [0.5, 0.6) is 5.75 Å². The highest BCUT2D eigenvalue weighted by Crippen LogP contribution is 2.59. The highest BCUT2D eigenvalue weighted by molar-refractivity contribution is 8.00. The first-order valence-electron chi connectivity index (χ1n) is 11.4. The van der Waals surface area contributed by atoms with Gasteiger partial charge in [-0.2, -0.15) is 13.2 Å². The molecule has 4 nitrogen and oxygen atoms in total. The molecule has 1 saturated heterocycles. The van der Waals surface area contributed by atoms with Gasteiger partial charge in [-0.1, -0.05) is 22.8 Å². The molecule has 36 heavy (non-hydrogen) atoms. The van der Waals surface area contributed by atoms with Crippen molar-refractivity contribution in [3.8, 4) is 5.75 Å². The zero-order valence-electron chi connectivity index (χ0n) is 19.0. The molecule has 2 aromatic rings. The van der Waals surface area contributed by atoms with Crippen LogP contribution in [0.1, 0.15) is 24.8 Å². The van der Waals surface area contributed by atoms with Crippen LogP contribution in [0.25, 0.3) is 0 Å². The molecule has 5 atom stereocenters. The number of rotatable bonds is 8. The summed E-state index contributed by atoms with van der Waals surface area (Å²) in [6.07, 6.45) is -4.86. The molecule has 2 heterocycles. The van der Waals surface area contributed by atoms with E-state index in [0.717, 1.165) is 17.0 Å². The van der Waals surface area contributed by atoms with Gasteiger partial charge >= 0.3 is 6.18 Å². The van der Waals surface area contributed by atoms with E-state index in [4.69, 9.17) is 26.8 Å². The van der Waals surface area contributed by atoms with E-state index in [9.17, 15) is 22.1 Å². The second-order valence-electron chi connectivity index (χ2n) is 8.83.